The Hall–Kier alpha value is -4.66. The van der Waals surface area contributed by atoms with Crippen LogP contribution in [0.25, 0.3) is 22.4 Å². The van der Waals surface area contributed by atoms with Crippen LogP contribution >= 0.6 is 11.6 Å². The van der Waals surface area contributed by atoms with Crippen molar-refractivity contribution >= 4 is 35.0 Å². The predicted octanol–water partition coefficient (Wildman–Crippen LogP) is 3.76. The third kappa shape index (κ3) is 6.72. The van der Waals surface area contributed by atoms with Gasteiger partial charge in [-0.3, -0.25) is 14.4 Å². The molecule has 2 aliphatic heterocycles. The lowest BCUT2D eigenvalue weighted by molar-refractivity contribution is -0.883. The molecule has 4 aromatic rings. The number of imidazole rings is 1. The van der Waals surface area contributed by atoms with Gasteiger partial charge in [0.05, 0.1) is 73.9 Å². The topological polar surface area (TPSA) is 106 Å². The van der Waals surface area contributed by atoms with Crippen molar-refractivity contribution in [2.24, 2.45) is 31.8 Å². The van der Waals surface area contributed by atoms with Crippen molar-refractivity contribution in [1.29, 1.82) is 0 Å². The number of likely N-dealkylation sites (tertiary alicyclic amines) is 1. The number of nitrogens with one attached hydrogen (secondary N) is 1. The fraction of sp³-hybridized carbons (Fsp3) is 0.447. The summed E-state index contributed by atoms with van der Waals surface area (Å²) in [6.07, 6.45) is 3.08. The van der Waals surface area contributed by atoms with Crippen molar-refractivity contribution in [1.82, 2.24) is 24.0 Å². The molecule has 3 fully saturated rings. The Balaban J connectivity index is 0.987. The highest BCUT2D eigenvalue weighted by molar-refractivity contribution is 6.34. The van der Waals surface area contributed by atoms with Crippen molar-refractivity contribution in [3.05, 3.63) is 76.5 Å². The van der Waals surface area contributed by atoms with Crippen molar-refractivity contribution in [2.45, 2.75) is 13.5 Å². The normalized spacial score (nSPS) is 20.4. The number of hydrogen-bond acceptors (Lipinski definition) is 5. The van der Waals surface area contributed by atoms with Gasteiger partial charge in [0.25, 0.3) is 11.8 Å². The fourth-order valence-corrected chi connectivity index (χ4v) is 8.44. The Labute approximate surface area is 312 Å². The van der Waals surface area contributed by atoms with Crippen molar-refractivity contribution in [3.8, 4) is 22.4 Å². The van der Waals surface area contributed by atoms with Crippen LogP contribution in [0.15, 0.2) is 42.7 Å². The number of carbonyl (C=O) groups is 3. The first kappa shape index (κ1) is 36.7. The number of halogens is 3. The van der Waals surface area contributed by atoms with Crippen LogP contribution in [-0.2, 0) is 30.2 Å². The molecule has 15 heteroatoms. The zero-order valence-electron chi connectivity index (χ0n) is 30.8. The van der Waals surface area contributed by atoms with Gasteiger partial charge < -0.3 is 28.9 Å². The van der Waals surface area contributed by atoms with E-state index >= 15 is 8.78 Å². The van der Waals surface area contributed by atoms with Gasteiger partial charge >= 0.3 is 0 Å². The number of nitrogens with zero attached hydrogens (tertiary/aromatic N) is 7. The van der Waals surface area contributed by atoms with Gasteiger partial charge in [0.2, 0.25) is 12.1 Å². The third-order valence-electron chi connectivity index (χ3n) is 11.3. The molecule has 2 saturated heterocycles. The zero-order valence-corrected chi connectivity index (χ0v) is 31.6. The highest BCUT2D eigenvalue weighted by Gasteiger charge is 2.64. The Kier molecular flexibility index (Phi) is 9.66. The van der Waals surface area contributed by atoms with Gasteiger partial charge in [-0.2, -0.15) is 4.68 Å². The van der Waals surface area contributed by atoms with Gasteiger partial charge in [0, 0.05) is 69.0 Å². The minimum Gasteiger partial charge on any atom is -0.378 e. The second kappa shape index (κ2) is 14.0. The molecule has 3 aliphatic rings. The molecule has 0 spiro atoms. The number of piperazine rings is 1. The molecule has 1 unspecified atom stereocenters. The summed E-state index contributed by atoms with van der Waals surface area (Å²) in [4.78, 5) is 47.7. The third-order valence-corrected chi connectivity index (χ3v) is 11.6. The van der Waals surface area contributed by atoms with Gasteiger partial charge in [-0.1, -0.05) is 17.7 Å². The molecule has 1 aliphatic carbocycles. The van der Waals surface area contributed by atoms with Crippen LogP contribution < -0.4 is 10.00 Å². The van der Waals surface area contributed by atoms with E-state index in [1.807, 2.05) is 28.2 Å². The predicted molar refractivity (Wildman–Crippen MR) is 194 cm³/mol. The molecule has 12 nitrogen and oxygen atoms in total. The second-order valence-corrected chi connectivity index (χ2v) is 15.5. The first-order valence-corrected chi connectivity index (χ1v) is 18.1. The number of methoxy groups -OCH3 is 1. The number of fused-ring (bicyclic) bond motifs is 1. The number of amides is 3. The van der Waals surface area contributed by atoms with E-state index in [9.17, 15) is 14.4 Å². The maximum atomic E-state index is 15.6. The van der Waals surface area contributed by atoms with Crippen LogP contribution in [0, 0.1) is 36.3 Å². The van der Waals surface area contributed by atoms with E-state index < -0.39 is 17.5 Å². The van der Waals surface area contributed by atoms with Crippen LogP contribution in [0.4, 0.5) is 14.5 Å². The molecule has 4 heterocycles. The SMILES string of the molecule is COCC[n+]1cc(-c2ccc(-c3cnc(C(=O)Nc4ccc(C(=O)N5CCN(C(=O)C6[C@H]7C[N+](C)(C)C[C@@H]67)CC5)c(Cl)c4)n3C)c(F)c2F)c(C)n1C. The van der Waals surface area contributed by atoms with E-state index in [4.69, 9.17) is 16.3 Å². The van der Waals surface area contributed by atoms with E-state index in [1.54, 1.807) is 37.4 Å². The lowest BCUT2D eigenvalue weighted by Crippen LogP contribution is -2.52. The minimum atomic E-state index is -1.06. The summed E-state index contributed by atoms with van der Waals surface area (Å²) in [6, 6.07) is 7.61. The Morgan fingerprint density at radius 3 is 2.28 bits per heavy atom. The van der Waals surface area contributed by atoms with Gasteiger partial charge in [-0.05, 0) is 31.2 Å². The Bertz CT molecular complexity index is 2110. The first-order chi connectivity index (χ1) is 25.2. The van der Waals surface area contributed by atoms with Crippen LogP contribution in [-0.4, -0.2) is 113 Å². The molecule has 3 amide bonds. The summed E-state index contributed by atoms with van der Waals surface area (Å²) >= 11 is 6.56. The summed E-state index contributed by atoms with van der Waals surface area (Å²) in [5, 5.41) is 2.89. The highest BCUT2D eigenvalue weighted by atomic mass is 35.5. The minimum absolute atomic E-state index is 0.0386. The number of rotatable bonds is 9. The number of benzene rings is 2. The first-order valence-electron chi connectivity index (χ1n) is 17.8. The van der Waals surface area contributed by atoms with E-state index in [0.717, 1.165) is 23.3 Å². The van der Waals surface area contributed by atoms with E-state index in [0.29, 0.717) is 62.4 Å². The van der Waals surface area contributed by atoms with Crippen LogP contribution in [0.3, 0.4) is 0 Å². The molecule has 7 rings (SSSR count). The van der Waals surface area contributed by atoms with E-state index in [-0.39, 0.29) is 51.0 Å². The van der Waals surface area contributed by atoms with Crippen molar-refractivity contribution in [3.63, 3.8) is 0 Å². The van der Waals surface area contributed by atoms with Crippen LogP contribution in [0.2, 0.25) is 5.02 Å². The van der Waals surface area contributed by atoms with E-state index in [1.165, 1.54) is 29.0 Å². The number of aromatic nitrogens is 4. The van der Waals surface area contributed by atoms with Gasteiger partial charge in [-0.15, -0.1) is 4.68 Å². The number of piperidine rings is 1. The lowest BCUT2D eigenvalue weighted by atomic mass is 10.0. The van der Waals surface area contributed by atoms with E-state index in [2.05, 4.69) is 24.4 Å². The molecule has 0 bridgehead atoms. The maximum absolute atomic E-state index is 15.6. The fourth-order valence-electron chi connectivity index (χ4n) is 8.18. The maximum Gasteiger partial charge on any atom is 0.291 e. The standard InChI is InChI=1S/C38H44ClF2N8O4/c1-22-27(19-48(45(22)3)15-16-53-6)24-9-10-26(34(41)33(24)40)31-18-42-35(44(31)2)36(50)43-23-7-8-25(30(39)17-23)37(51)46-11-13-47(14-12-46)38(52)32-28-20-49(4,5)21-29(28)32/h7-10,17-19,28-29,32H,11-16,20-21H2,1-6H3/q+1/p+1/t28-,29+,32?. The molecule has 3 atom stereocenters. The molecule has 280 valence electrons. The van der Waals surface area contributed by atoms with Crippen molar-refractivity contribution in [2.75, 3.05) is 72.4 Å². The number of hydrogen-bond donors (Lipinski definition) is 1. The summed E-state index contributed by atoms with van der Waals surface area (Å²) < 4.78 is 42.5. The second-order valence-electron chi connectivity index (χ2n) is 15.0. The monoisotopic (exact) mass is 750 g/mol. The van der Waals surface area contributed by atoms with Crippen LogP contribution in [0.1, 0.15) is 26.7 Å². The van der Waals surface area contributed by atoms with Crippen molar-refractivity contribution < 1.29 is 37.1 Å². The van der Waals surface area contributed by atoms with Crippen LogP contribution in [0.5, 0.6) is 0 Å². The molecule has 0 radical (unpaired) electrons. The average molecular weight is 751 g/mol. The summed E-state index contributed by atoms with van der Waals surface area (Å²) in [7, 11) is 9.40. The molecular formula is C38H45ClF2N8O4+2. The summed E-state index contributed by atoms with van der Waals surface area (Å²) in [5.74, 6) is -1.66. The van der Waals surface area contributed by atoms with Gasteiger partial charge in [0.1, 0.15) is 6.61 Å². The molecule has 1 saturated carbocycles. The number of carbonyl (C=O) groups excluding carboxylic acids is 3. The molecule has 2 aromatic heterocycles. The molecule has 1 N–H and O–H groups in total. The Morgan fingerprint density at radius 1 is 0.981 bits per heavy atom. The number of anilines is 1. The molecule has 2 aromatic carbocycles. The highest BCUT2D eigenvalue weighted by Crippen LogP contribution is 2.54. The quantitative estimate of drug-likeness (QED) is 0.207. The summed E-state index contributed by atoms with van der Waals surface area (Å²) in [5.41, 5.74) is 2.21. The smallest absolute Gasteiger partial charge is 0.291 e. The average Bonchev–Trinajstić information content (AvgIpc) is 3.33. The summed E-state index contributed by atoms with van der Waals surface area (Å²) in [6.45, 7) is 6.73. The molecular weight excluding hydrogens is 706 g/mol. The van der Waals surface area contributed by atoms with Gasteiger partial charge in [0.15, 0.2) is 24.0 Å². The zero-order chi connectivity index (χ0) is 37.9. The number of ether oxygens (including phenoxy) is 1. The lowest BCUT2D eigenvalue weighted by Gasteiger charge is -2.36. The number of quaternary nitrogens is 1. The van der Waals surface area contributed by atoms with Gasteiger partial charge in [-0.25, -0.2) is 13.8 Å². The Morgan fingerprint density at radius 2 is 1.62 bits per heavy atom. The largest absolute Gasteiger partial charge is 0.378 e. The molecule has 53 heavy (non-hydrogen) atoms.